The van der Waals surface area contributed by atoms with Crippen LogP contribution in [0.5, 0.6) is 0 Å². The number of likely N-dealkylation sites (N-methyl/N-ethyl adjacent to an activating group) is 2. The van der Waals surface area contributed by atoms with Gasteiger partial charge in [0.1, 0.15) is 0 Å². The largest absolute Gasteiger partial charge is 0.329 e. The summed E-state index contributed by atoms with van der Waals surface area (Å²) in [6, 6.07) is 2.54. The van der Waals surface area contributed by atoms with E-state index in [0.717, 1.165) is 89.5 Å². The summed E-state index contributed by atoms with van der Waals surface area (Å²) in [4.78, 5) is 8.11. The Morgan fingerprint density at radius 3 is 1.06 bits per heavy atom. The van der Waals surface area contributed by atoms with Gasteiger partial charge in [-0.1, -0.05) is 59.3 Å². The average molecular weight is 667 g/mol. The molecule has 0 unspecified atom stereocenters. The number of hydrogen-bond donors (Lipinski definition) is 7. The van der Waals surface area contributed by atoms with Gasteiger partial charge in [-0.2, -0.15) is 0 Å². The standard InChI is InChI=1S/C28H59N7.C5H10.C4H13N3/c1-3-29-16-22-34(27-10-6-11-27)24-19-32-20-25-35(28-12-7-13-28)23-18-31-15-14-30-17-21-33(4-2)26-8-5-9-26;1-5-3-2-4-5;5-1-3-7-4-2-6/h26-32H,3-25H2,1-2H3;5H,2-4H2,1H3;7H,1-6H2. The highest BCUT2D eigenvalue weighted by atomic mass is 15.2. The van der Waals surface area contributed by atoms with Gasteiger partial charge in [0.25, 0.3) is 0 Å². The van der Waals surface area contributed by atoms with Crippen molar-refractivity contribution < 1.29 is 0 Å². The Kier molecular flexibility index (Phi) is 26.7. The summed E-state index contributed by atoms with van der Waals surface area (Å²) in [6.45, 7) is 26.0. The Labute approximate surface area is 292 Å². The zero-order chi connectivity index (χ0) is 33.8. The summed E-state index contributed by atoms with van der Waals surface area (Å²) >= 11 is 0. The highest BCUT2D eigenvalue weighted by Gasteiger charge is 2.26. The van der Waals surface area contributed by atoms with Crippen LogP contribution in [-0.4, -0.2) is 151 Å². The highest BCUT2D eigenvalue weighted by molar-refractivity contribution is 4.83. The van der Waals surface area contributed by atoms with E-state index in [1.54, 1.807) is 0 Å². The van der Waals surface area contributed by atoms with Crippen molar-refractivity contribution in [2.45, 2.75) is 116 Å². The van der Waals surface area contributed by atoms with E-state index in [2.05, 4.69) is 62.1 Å². The maximum absolute atomic E-state index is 5.17. The van der Waals surface area contributed by atoms with Gasteiger partial charge in [0.05, 0.1) is 0 Å². The number of rotatable bonds is 27. The smallest absolute Gasteiger partial charge is 0.0110 e. The molecule has 0 aliphatic heterocycles. The number of hydrogen-bond acceptors (Lipinski definition) is 10. The molecule has 0 radical (unpaired) electrons. The Bertz CT molecular complexity index is 666. The fourth-order valence-electron chi connectivity index (χ4n) is 6.59. The molecule has 4 aliphatic carbocycles. The maximum Gasteiger partial charge on any atom is 0.0110 e. The summed E-state index contributed by atoms with van der Waals surface area (Å²) < 4.78 is 0. The molecule has 47 heavy (non-hydrogen) atoms. The minimum atomic E-state index is 0.694. The molecule has 0 heterocycles. The first-order valence-electron chi connectivity index (χ1n) is 20.3. The van der Waals surface area contributed by atoms with Crippen molar-refractivity contribution in [3.63, 3.8) is 0 Å². The molecule has 0 bridgehead atoms. The van der Waals surface area contributed by atoms with Crippen LogP contribution in [-0.2, 0) is 0 Å². The lowest BCUT2D eigenvalue weighted by atomic mass is 9.88. The normalized spacial score (nSPS) is 18.6. The van der Waals surface area contributed by atoms with Gasteiger partial charge in [-0.05, 0) is 57.5 Å². The molecule has 0 amide bonds. The highest BCUT2D eigenvalue weighted by Crippen LogP contribution is 2.26. The van der Waals surface area contributed by atoms with Crippen molar-refractivity contribution in [2.24, 2.45) is 17.4 Å². The van der Waals surface area contributed by atoms with E-state index < -0.39 is 0 Å². The van der Waals surface area contributed by atoms with Gasteiger partial charge in [0.15, 0.2) is 0 Å². The van der Waals surface area contributed by atoms with Crippen LogP contribution >= 0.6 is 0 Å². The average Bonchev–Trinajstić information content (AvgIpc) is 2.98. The minimum Gasteiger partial charge on any atom is -0.329 e. The molecule has 10 nitrogen and oxygen atoms in total. The second kappa shape index (κ2) is 29.3. The van der Waals surface area contributed by atoms with E-state index in [-0.39, 0.29) is 0 Å². The molecule has 0 aromatic heterocycles. The molecular formula is C37H82N10. The molecule has 0 spiro atoms. The first-order chi connectivity index (χ1) is 23.1. The van der Waals surface area contributed by atoms with Gasteiger partial charge >= 0.3 is 0 Å². The molecule has 9 N–H and O–H groups in total. The second-order valence-corrected chi connectivity index (χ2v) is 14.4. The van der Waals surface area contributed by atoms with Crippen LogP contribution in [0.25, 0.3) is 0 Å². The zero-order valence-electron chi connectivity index (χ0n) is 31.5. The third kappa shape index (κ3) is 20.1. The van der Waals surface area contributed by atoms with Crippen molar-refractivity contribution in [1.82, 2.24) is 41.3 Å². The van der Waals surface area contributed by atoms with E-state index in [0.29, 0.717) is 13.1 Å². The van der Waals surface area contributed by atoms with Crippen LogP contribution < -0.4 is 38.1 Å². The molecule has 0 aromatic rings. The summed E-state index contributed by atoms with van der Waals surface area (Å²) in [5.74, 6) is 1.06. The monoisotopic (exact) mass is 667 g/mol. The van der Waals surface area contributed by atoms with Crippen LogP contribution in [0.2, 0.25) is 0 Å². The maximum atomic E-state index is 5.17. The van der Waals surface area contributed by atoms with Gasteiger partial charge in [0, 0.05) is 123 Å². The Balaban J connectivity index is 0.000000536. The van der Waals surface area contributed by atoms with Crippen LogP contribution in [0.4, 0.5) is 0 Å². The van der Waals surface area contributed by atoms with Crippen molar-refractivity contribution in [3.05, 3.63) is 0 Å². The topological polar surface area (TPSA) is 122 Å². The van der Waals surface area contributed by atoms with Crippen molar-refractivity contribution in [2.75, 3.05) is 118 Å². The van der Waals surface area contributed by atoms with Crippen molar-refractivity contribution >= 4 is 0 Å². The molecule has 4 saturated carbocycles. The summed E-state index contributed by atoms with van der Waals surface area (Å²) in [6.07, 6.45) is 17.2. The van der Waals surface area contributed by atoms with E-state index in [1.165, 1.54) is 116 Å². The fraction of sp³-hybridized carbons (Fsp3) is 1.00. The van der Waals surface area contributed by atoms with Crippen LogP contribution in [0.3, 0.4) is 0 Å². The van der Waals surface area contributed by atoms with E-state index in [1.807, 2.05) is 0 Å². The van der Waals surface area contributed by atoms with Crippen molar-refractivity contribution in [3.8, 4) is 0 Å². The number of nitrogens with zero attached hydrogens (tertiary/aromatic N) is 3. The zero-order valence-corrected chi connectivity index (χ0v) is 31.5. The summed E-state index contributed by atoms with van der Waals surface area (Å²) in [5.41, 5.74) is 10.3. The first-order valence-corrected chi connectivity index (χ1v) is 20.3. The molecular weight excluding hydrogens is 584 g/mol. The SMILES string of the molecule is CC1CCC1.CCNCCN(CCNCCN(CCNCCNCCN(CC)C1CCC1)C1CCC1)C1CCC1.NCCNCCN. The van der Waals surface area contributed by atoms with Gasteiger partial charge in [-0.15, -0.1) is 0 Å². The number of nitrogens with one attached hydrogen (secondary N) is 5. The molecule has 0 saturated heterocycles. The third-order valence-corrected chi connectivity index (χ3v) is 10.8. The van der Waals surface area contributed by atoms with Crippen LogP contribution in [0.15, 0.2) is 0 Å². The molecule has 4 aliphatic rings. The van der Waals surface area contributed by atoms with Gasteiger partial charge < -0.3 is 38.1 Å². The summed E-state index contributed by atoms with van der Waals surface area (Å²) in [7, 11) is 0. The predicted molar refractivity (Wildman–Crippen MR) is 204 cm³/mol. The Morgan fingerprint density at radius 1 is 0.447 bits per heavy atom. The molecule has 4 rings (SSSR count). The van der Waals surface area contributed by atoms with E-state index >= 15 is 0 Å². The fourth-order valence-corrected chi connectivity index (χ4v) is 6.59. The summed E-state index contributed by atoms with van der Waals surface area (Å²) in [5, 5.41) is 17.6. The molecule has 10 heteroatoms. The van der Waals surface area contributed by atoms with Gasteiger partial charge in [0.2, 0.25) is 0 Å². The molecule has 0 atom stereocenters. The molecule has 0 aromatic carbocycles. The molecule has 280 valence electrons. The van der Waals surface area contributed by atoms with E-state index in [9.17, 15) is 0 Å². The molecule has 4 fully saturated rings. The van der Waals surface area contributed by atoms with E-state index in [4.69, 9.17) is 11.5 Å². The lowest BCUT2D eigenvalue weighted by molar-refractivity contribution is 0.120. The van der Waals surface area contributed by atoms with Gasteiger partial charge in [-0.3, -0.25) is 14.7 Å². The van der Waals surface area contributed by atoms with Crippen LogP contribution in [0.1, 0.15) is 97.8 Å². The first kappa shape index (κ1) is 42.8. The third-order valence-electron chi connectivity index (χ3n) is 10.8. The Hall–Kier alpha value is -0.400. The van der Waals surface area contributed by atoms with Crippen LogP contribution in [0, 0.1) is 5.92 Å². The van der Waals surface area contributed by atoms with Crippen molar-refractivity contribution in [1.29, 1.82) is 0 Å². The van der Waals surface area contributed by atoms with Gasteiger partial charge in [-0.25, -0.2) is 0 Å². The predicted octanol–water partition coefficient (Wildman–Crippen LogP) is 2.25. The second-order valence-electron chi connectivity index (χ2n) is 14.4. The minimum absolute atomic E-state index is 0.694. The number of nitrogens with two attached hydrogens (primary N) is 2. The quantitative estimate of drug-likeness (QED) is 0.0658. The Morgan fingerprint density at radius 2 is 0.766 bits per heavy atom. The lowest BCUT2D eigenvalue weighted by Crippen LogP contribution is -2.48. The lowest BCUT2D eigenvalue weighted by Gasteiger charge is -2.38.